The van der Waals surface area contributed by atoms with Gasteiger partial charge in [-0.15, -0.1) is 9.24 Å². The van der Waals surface area contributed by atoms with Crippen LogP contribution in [0.25, 0.3) is 0 Å². The van der Waals surface area contributed by atoms with Gasteiger partial charge in [0, 0.05) is 0 Å². The first kappa shape index (κ1) is 19.4. The molecule has 0 fully saturated rings. The van der Waals surface area contributed by atoms with Crippen molar-refractivity contribution in [2.75, 3.05) is 6.16 Å². The molecule has 1 unspecified atom stereocenters. The average molecular weight is 286 g/mol. The van der Waals surface area contributed by atoms with Crippen LogP contribution >= 0.6 is 9.24 Å². The Morgan fingerprint density at radius 1 is 0.579 bits per heavy atom. The maximum absolute atomic E-state index is 2.87. The molecular weight excluding hydrogens is 247 g/mol. The molecule has 0 saturated carbocycles. The lowest BCUT2D eigenvalue weighted by Crippen LogP contribution is -2.21. The monoisotopic (exact) mass is 286 g/mol. The van der Waals surface area contributed by atoms with Crippen molar-refractivity contribution in [3.8, 4) is 0 Å². The van der Waals surface area contributed by atoms with E-state index in [4.69, 9.17) is 0 Å². The Balaban J connectivity index is 4.38. The van der Waals surface area contributed by atoms with Crippen LogP contribution in [0.15, 0.2) is 0 Å². The molecule has 0 aliphatic heterocycles. The maximum Gasteiger partial charge on any atom is -0.0297 e. The molecule has 0 rings (SSSR count). The highest BCUT2D eigenvalue weighted by molar-refractivity contribution is 7.16. The lowest BCUT2D eigenvalue weighted by Gasteiger charge is -2.35. The second kappa shape index (κ2) is 13.4. The zero-order chi connectivity index (χ0) is 14.4. The average Bonchev–Trinajstić information content (AvgIpc) is 2.44. The van der Waals surface area contributed by atoms with E-state index in [1.807, 2.05) is 0 Å². The van der Waals surface area contributed by atoms with Gasteiger partial charge in [-0.3, -0.25) is 0 Å². The summed E-state index contributed by atoms with van der Waals surface area (Å²) >= 11 is 0. The fourth-order valence-corrected chi connectivity index (χ4v) is 3.52. The molecule has 19 heavy (non-hydrogen) atoms. The van der Waals surface area contributed by atoms with Gasteiger partial charge in [0.05, 0.1) is 0 Å². The Morgan fingerprint density at radius 3 is 1.37 bits per heavy atom. The maximum atomic E-state index is 2.87. The minimum absolute atomic E-state index is 0.697. The number of unbranched alkanes of at least 4 members (excludes halogenated alkanes) is 5. The van der Waals surface area contributed by atoms with Gasteiger partial charge in [-0.2, -0.15) is 0 Å². The smallest absolute Gasteiger partial charge is 0.0297 e. The molecule has 0 amide bonds. The first-order valence-electron chi connectivity index (χ1n) is 8.94. The van der Waals surface area contributed by atoms with Crippen molar-refractivity contribution in [2.45, 2.75) is 104 Å². The van der Waals surface area contributed by atoms with E-state index in [0.717, 1.165) is 0 Å². The zero-order valence-corrected chi connectivity index (χ0v) is 15.1. The Labute approximate surface area is 125 Å². The number of hydrogen-bond acceptors (Lipinski definition) is 0. The van der Waals surface area contributed by atoms with Gasteiger partial charge in [-0.25, -0.2) is 0 Å². The molecular formula is C18H39P. The Bertz CT molecular complexity index is 155. The fraction of sp³-hybridized carbons (Fsp3) is 1.00. The van der Waals surface area contributed by atoms with E-state index in [9.17, 15) is 0 Å². The van der Waals surface area contributed by atoms with Crippen molar-refractivity contribution in [3.63, 3.8) is 0 Å². The molecule has 0 aliphatic rings. The highest BCUT2D eigenvalue weighted by atomic mass is 31.0. The van der Waals surface area contributed by atoms with Gasteiger partial charge in [0.25, 0.3) is 0 Å². The third kappa shape index (κ3) is 9.89. The molecule has 0 heterocycles. The number of rotatable bonds is 14. The standard InChI is InChI=1S/C18H39P/c1-4-7-13-18(14-8-5-2,15-9-6-3)16-11-10-12-17-19/h4-17,19H2,1-3H3. The minimum atomic E-state index is 0.697. The molecule has 1 heteroatoms. The molecule has 0 nitrogen and oxygen atoms in total. The highest BCUT2D eigenvalue weighted by Gasteiger charge is 2.27. The van der Waals surface area contributed by atoms with Gasteiger partial charge in [-0.1, -0.05) is 72.1 Å². The summed E-state index contributed by atoms with van der Waals surface area (Å²) in [7, 11) is 2.87. The van der Waals surface area contributed by atoms with Gasteiger partial charge in [0.1, 0.15) is 0 Å². The summed E-state index contributed by atoms with van der Waals surface area (Å²) in [6, 6.07) is 0. The molecule has 1 atom stereocenters. The SMILES string of the molecule is CCCCC(CCCC)(CCCC)CCCCCP. The van der Waals surface area contributed by atoms with Gasteiger partial charge in [0.15, 0.2) is 0 Å². The number of hydrogen-bond donors (Lipinski definition) is 0. The summed E-state index contributed by atoms with van der Waals surface area (Å²) in [5.41, 5.74) is 0.697. The van der Waals surface area contributed by atoms with Crippen LogP contribution < -0.4 is 0 Å². The van der Waals surface area contributed by atoms with Gasteiger partial charge in [0.2, 0.25) is 0 Å². The normalized spacial score (nSPS) is 12.0. The van der Waals surface area contributed by atoms with E-state index in [-0.39, 0.29) is 0 Å². The van der Waals surface area contributed by atoms with Crippen molar-refractivity contribution >= 4 is 9.24 Å². The largest absolute Gasteiger partial charge is 0.138 e. The molecule has 0 bridgehead atoms. The van der Waals surface area contributed by atoms with Gasteiger partial charge < -0.3 is 0 Å². The van der Waals surface area contributed by atoms with Crippen molar-refractivity contribution < 1.29 is 0 Å². The molecule has 0 radical (unpaired) electrons. The second-order valence-corrected chi connectivity index (χ2v) is 6.99. The second-order valence-electron chi connectivity index (χ2n) is 6.41. The molecule has 0 aliphatic carbocycles. The summed E-state index contributed by atoms with van der Waals surface area (Å²) in [5.74, 6) is 0. The molecule has 0 aromatic rings. The molecule has 0 aromatic carbocycles. The van der Waals surface area contributed by atoms with E-state index in [1.54, 1.807) is 0 Å². The highest BCUT2D eigenvalue weighted by Crippen LogP contribution is 2.41. The molecule has 116 valence electrons. The van der Waals surface area contributed by atoms with Crippen LogP contribution in [-0.2, 0) is 0 Å². The topological polar surface area (TPSA) is 0 Å². The van der Waals surface area contributed by atoms with E-state index >= 15 is 0 Å². The van der Waals surface area contributed by atoms with Gasteiger partial charge in [-0.05, 0) is 43.7 Å². The van der Waals surface area contributed by atoms with Crippen LogP contribution in [-0.4, -0.2) is 6.16 Å². The molecule has 0 aromatic heterocycles. The third-order valence-corrected chi connectivity index (χ3v) is 5.00. The van der Waals surface area contributed by atoms with Crippen molar-refractivity contribution in [3.05, 3.63) is 0 Å². The molecule has 0 N–H and O–H groups in total. The van der Waals surface area contributed by atoms with Crippen LogP contribution in [0.2, 0.25) is 0 Å². The van der Waals surface area contributed by atoms with Crippen molar-refractivity contribution in [2.24, 2.45) is 5.41 Å². The summed E-state index contributed by atoms with van der Waals surface area (Å²) in [5, 5.41) is 0. The lowest BCUT2D eigenvalue weighted by molar-refractivity contribution is 0.176. The summed E-state index contributed by atoms with van der Waals surface area (Å²) in [4.78, 5) is 0. The lowest BCUT2D eigenvalue weighted by atomic mass is 9.71. The van der Waals surface area contributed by atoms with E-state index in [1.165, 1.54) is 89.6 Å². The quantitative estimate of drug-likeness (QED) is 0.239. The molecule has 0 spiro atoms. The van der Waals surface area contributed by atoms with Crippen LogP contribution in [0.5, 0.6) is 0 Å². The first-order chi connectivity index (χ1) is 9.24. The van der Waals surface area contributed by atoms with Crippen LogP contribution in [0.4, 0.5) is 0 Å². The third-order valence-electron chi connectivity index (χ3n) is 4.59. The van der Waals surface area contributed by atoms with E-state index in [0.29, 0.717) is 5.41 Å². The van der Waals surface area contributed by atoms with Crippen molar-refractivity contribution in [1.29, 1.82) is 0 Å². The summed E-state index contributed by atoms with van der Waals surface area (Å²) < 4.78 is 0. The first-order valence-corrected chi connectivity index (χ1v) is 9.76. The predicted molar refractivity (Wildman–Crippen MR) is 94.1 cm³/mol. The Kier molecular flexibility index (Phi) is 13.7. The van der Waals surface area contributed by atoms with Crippen LogP contribution in [0.1, 0.15) is 104 Å². The Morgan fingerprint density at radius 2 is 1.00 bits per heavy atom. The molecule has 0 saturated heterocycles. The Hall–Kier alpha value is 0.430. The predicted octanol–water partition coefficient (Wildman–Crippen LogP) is 6.98. The minimum Gasteiger partial charge on any atom is -0.138 e. The zero-order valence-electron chi connectivity index (χ0n) is 14.0. The van der Waals surface area contributed by atoms with Crippen LogP contribution in [0, 0.1) is 5.41 Å². The van der Waals surface area contributed by atoms with E-state index < -0.39 is 0 Å². The van der Waals surface area contributed by atoms with Crippen LogP contribution in [0.3, 0.4) is 0 Å². The van der Waals surface area contributed by atoms with Crippen molar-refractivity contribution in [1.82, 2.24) is 0 Å². The van der Waals surface area contributed by atoms with Gasteiger partial charge >= 0.3 is 0 Å². The summed E-state index contributed by atoms with van der Waals surface area (Å²) in [6.45, 7) is 7.04. The van der Waals surface area contributed by atoms with E-state index in [2.05, 4.69) is 30.0 Å². The summed E-state index contributed by atoms with van der Waals surface area (Å²) in [6.07, 6.45) is 20.0. The fourth-order valence-electron chi connectivity index (χ4n) is 3.23.